The number of benzene rings is 4. The number of oxazole rings is 1. The maximum absolute atomic E-state index is 5.87. The van der Waals surface area contributed by atoms with E-state index in [0.717, 1.165) is 51.4 Å². The van der Waals surface area contributed by atoms with Crippen LogP contribution in [0.3, 0.4) is 0 Å². The lowest BCUT2D eigenvalue weighted by molar-refractivity contribution is -0.00489. The smallest absolute Gasteiger partial charge is 0.181 e. The maximum Gasteiger partial charge on any atom is 0.181 e. The molecule has 0 amide bonds. The summed E-state index contributed by atoms with van der Waals surface area (Å²) in [5.41, 5.74) is 12.8. The van der Waals surface area contributed by atoms with E-state index in [9.17, 15) is 0 Å². The number of nitrogens with zero attached hydrogens (tertiary/aromatic N) is 2. The second-order valence-corrected chi connectivity index (χ2v) is 13.4. The first-order valence-corrected chi connectivity index (χ1v) is 15.8. The van der Waals surface area contributed by atoms with E-state index in [1.165, 1.54) is 66.3 Å². The van der Waals surface area contributed by atoms with Gasteiger partial charge in [-0.3, -0.25) is 0 Å². The molecule has 0 unspecified atom stereocenters. The Bertz CT molecular complexity index is 1850. The Labute approximate surface area is 252 Å². The molecule has 0 N–H and O–H groups in total. The Hall–Kier alpha value is -4.50. The van der Waals surface area contributed by atoms with Gasteiger partial charge in [-0.25, -0.2) is 9.97 Å². The zero-order chi connectivity index (χ0) is 28.4. The number of hydrogen-bond acceptors (Lipinski definition) is 3. The highest BCUT2D eigenvalue weighted by Crippen LogP contribution is 2.62. The highest BCUT2D eigenvalue weighted by atomic mass is 16.3. The van der Waals surface area contributed by atoms with Gasteiger partial charge in [0.05, 0.1) is 11.4 Å². The van der Waals surface area contributed by atoms with Gasteiger partial charge in [0.25, 0.3) is 0 Å². The molecule has 43 heavy (non-hydrogen) atoms. The van der Waals surface area contributed by atoms with Gasteiger partial charge in [0.15, 0.2) is 12.0 Å². The molecule has 2 heterocycles. The predicted octanol–water partition coefficient (Wildman–Crippen LogP) is 10.4. The number of aromatic nitrogens is 2. The van der Waals surface area contributed by atoms with Crippen LogP contribution in [0.15, 0.2) is 120 Å². The van der Waals surface area contributed by atoms with Crippen molar-refractivity contribution in [2.45, 2.75) is 43.9 Å². The average Bonchev–Trinajstić information content (AvgIpc) is 3.52. The Morgan fingerprint density at radius 3 is 1.70 bits per heavy atom. The molecule has 210 valence electrons. The van der Waals surface area contributed by atoms with Gasteiger partial charge in [0.2, 0.25) is 0 Å². The van der Waals surface area contributed by atoms with Gasteiger partial charge in [-0.05, 0) is 114 Å². The third kappa shape index (κ3) is 4.33. The molecule has 4 aliphatic rings. The molecule has 0 radical (unpaired) electrons. The molecule has 4 bridgehead atoms. The van der Waals surface area contributed by atoms with E-state index in [2.05, 4.69) is 114 Å². The summed E-state index contributed by atoms with van der Waals surface area (Å²) in [6.45, 7) is 0. The van der Waals surface area contributed by atoms with Crippen molar-refractivity contribution < 1.29 is 4.42 Å². The lowest BCUT2D eigenvalue weighted by Crippen LogP contribution is -2.48. The molecule has 0 saturated heterocycles. The van der Waals surface area contributed by atoms with E-state index < -0.39 is 0 Å². The van der Waals surface area contributed by atoms with Crippen LogP contribution in [0.2, 0.25) is 0 Å². The zero-order valence-corrected chi connectivity index (χ0v) is 24.2. The van der Waals surface area contributed by atoms with Crippen LogP contribution in [-0.2, 0) is 5.41 Å². The third-order valence-electron chi connectivity index (χ3n) is 10.6. The lowest BCUT2D eigenvalue weighted by atomic mass is 9.47. The largest absolute Gasteiger partial charge is 0.443 e. The monoisotopic (exact) mass is 558 g/mol. The molecule has 0 aliphatic heterocycles. The molecular formula is C40H34N2O. The summed E-state index contributed by atoms with van der Waals surface area (Å²) < 4.78 is 5.87. The maximum atomic E-state index is 5.87. The summed E-state index contributed by atoms with van der Waals surface area (Å²) in [4.78, 5) is 9.64. The van der Waals surface area contributed by atoms with Crippen LogP contribution in [0.1, 0.15) is 44.1 Å². The summed E-state index contributed by atoms with van der Waals surface area (Å²) >= 11 is 0. The molecule has 10 rings (SSSR count). The molecular weight excluding hydrogens is 524 g/mol. The first-order valence-electron chi connectivity index (χ1n) is 15.8. The summed E-state index contributed by atoms with van der Waals surface area (Å²) in [7, 11) is 0. The molecule has 2 aromatic heterocycles. The topological polar surface area (TPSA) is 38.9 Å². The number of rotatable bonds is 5. The van der Waals surface area contributed by atoms with Gasteiger partial charge in [0.1, 0.15) is 5.52 Å². The molecule has 4 saturated carbocycles. The summed E-state index contributed by atoms with van der Waals surface area (Å²) in [5.74, 6) is 2.66. The van der Waals surface area contributed by atoms with Crippen molar-refractivity contribution in [1.82, 2.24) is 9.97 Å². The first kappa shape index (κ1) is 25.0. The van der Waals surface area contributed by atoms with Crippen molar-refractivity contribution in [3.8, 4) is 44.8 Å². The van der Waals surface area contributed by atoms with E-state index >= 15 is 0 Å². The molecule has 0 atom stereocenters. The predicted molar refractivity (Wildman–Crippen MR) is 173 cm³/mol. The van der Waals surface area contributed by atoms with Crippen LogP contribution in [0.25, 0.3) is 55.9 Å². The van der Waals surface area contributed by atoms with Gasteiger partial charge in [-0.2, -0.15) is 0 Å². The Morgan fingerprint density at radius 2 is 1.12 bits per heavy atom. The van der Waals surface area contributed by atoms with Crippen LogP contribution < -0.4 is 0 Å². The Balaban J connectivity index is 1.15. The normalized spacial score (nSPS) is 24.0. The van der Waals surface area contributed by atoms with E-state index in [4.69, 9.17) is 9.40 Å². The number of hydrogen-bond donors (Lipinski definition) is 0. The van der Waals surface area contributed by atoms with Crippen molar-refractivity contribution in [1.29, 1.82) is 0 Å². The summed E-state index contributed by atoms with van der Waals surface area (Å²) in [5, 5.41) is 0. The molecule has 3 nitrogen and oxygen atoms in total. The third-order valence-corrected chi connectivity index (χ3v) is 10.6. The SMILES string of the molecule is c1ccc(-c2cc(-c3ccc(-c4cc5ncoc5cc4C45CC6CC(CC(C6)C4)C5)cc3)cc(-c3ccccc3)n2)cc1. The molecule has 4 fully saturated rings. The highest BCUT2D eigenvalue weighted by Gasteiger charge is 2.52. The molecule has 4 aliphatic carbocycles. The minimum Gasteiger partial charge on any atom is -0.443 e. The van der Waals surface area contributed by atoms with Crippen LogP contribution in [0.4, 0.5) is 0 Å². The molecule has 6 aromatic rings. The zero-order valence-electron chi connectivity index (χ0n) is 24.2. The second-order valence-electron chi connectivity index (χ2n) is 13.4. The number of pyridine rings is 1. The minimum absolute atomic E-state index is 0.268. The van der Waals surface area contributed by atoms with Crippen molar-refractivity contribution >= 4 is 11.1 Å². The van der Waals surface area contributed by atoms with Gasteiger partial charge in [-0.15, -0.1) is 0 Å². The number of fused-ring (bicyclic) bond motifs is 1. The van der Waals surface area contributed by atoms with E-state index in [1.807, 2.05) is 0 Å². The quantitative estimate of drug-likeness (QED) is 0.211. The van der Waals surface area contributed by atoms with Gasteiger partial charge in [0, 0.05) is 11.1 Å². The fraction of sp³-hybridized carbons (Fsp3) is 0.250. The minimum atomic E-state index is 0.268. The standard InChI is InChI=1S/C40H34N2O/c1-3-7-31(8-4-1)36-18-33(19-37(42-36)32-9-5-2-6-10-32)29-11-13-30(14-12-29)34-20-38-39(43-25-41-38)21-35(34)40-22-26-15-27(23-40)17-28(16-26)24-40/h1-14,18-21,25-28H,15-17,22-24H2. The lowest BCUT2D eigenvalue weighted by Gasteiger charge is -2.57. The van der Waals surface area contributed by atoms with Crippen LogP contribution in [0, 0.1) is 17.8 Å². The van der Waals surface area contributed by atoms with Crippen molar-refractivity contribution in [2.75, 3.05) is 0 Å². The molecule has 4 aromatic carbocycles. The average molecular weight is 559 g/mol. The van der Waals surface area contributed by atoms with Crippen molar-refractivity contribution in [3.05, 3.63) is 121 Å². The van der Waals surface area contributed by atoms with Gasteiger partial charge >= 0.3 is 0 Å². The van der Waals surface area contributed by atoms with Crippen LogP contribution in [-0.4, -0.2) is 9.97 Å². The Morgan fingerprint density at radius 1 is 0.558 bits per heavy atom. The van der Waals surface area contributed by atoms with Crippen molar-refractivity contribution in [2.24, 2.45) is 17.8 Å². The van der Waals surface area contributed by atoms with E-state index in [1.54, 1.807) is 6.39 Å². The summed E-state index contributed by atoms with van der Waals surface area (Å²) in [6.07, 6.45) is 9.89. The van der Waals surface area contributed by atoms with Crippen LogP contribution >= 0.6 is 0 Å². The summed E-state index contributed by atoms with van der Waals surface area (Å²) in [6, 6.07) is 39.2. The first-order chi connectivity index (χ1) is 21.2. The van der Waals surface area contributed by atoms with Gasteiger partial charge < -0.3 is 4.42 Å². The van der Waals surface area contributed by atoms with E-state index in [0.29, 0.717) is 0 Å². The van der Waals surface area contributed by atoms with Crippen molar-refractivity contribution in [3.63, 3.8) is 0 Å². The highest BCUT2D eigenvalue weighted by molar-refractivity contribution is 5.85. The molecule has 0 spiro atoms. The fourth-order valence-electron chi connectivity index (χ4n) is 9.07. The second kappa shape index (κ2) is 9.77. The van der Waals surface area contributed by atoms with Crippen LogP contribution in [0.5, 0.6) is 0 Å². The van der Waals surface area contributed by atoms with E-state index in [-0.39, 0.29) is 5.41 Å². The molecule has 3 heteroatoms. The van der Waals surface area contributed by atoms with Gasteiger partial charge in [-0.1, -0.05) is 84.9 Å². The Kier molecular flexibility index (Phi) is 5.69. The fourth-order valence-corrected chi connectivity index (χ4v) is 9.07.